The zero-order valence-electron chi connectivity index (χ0n) is 26.6. The van der Waals surface area contributed by atoms with Gasteiger partial charge < -0.3 is 38.8 Å². The van der Waals surface area contributed by atoms with Crippen LogP contribution in [0.3, 0.4) is 0 Å². The molecule has 1 spiro atoms. The summed E-state index contributed by atoms with van der Waals surface area (Å²) in [5.74, 6) is -2.26. The summed E-state index contributed by atoms with van der Waals surface area (Å²) in [6, 6.07) is -0.107. The van der Waals surface area contributed by atoms with Crippen molar-refractivity contribution in [3.05, 3.63) is 0 Å². The van der Waals surface area contributed by atoms with E-state index in [-0.39, 0.29) is 41.8 Å². The lowest BCUT2D eigenvalue weighted by molar-refractivity contribution is -0.286. The van der Waals surface area contributed by atoms with E-state index in [1.807, 2.05) is 0 Å². The fraction of sp³-hybridized carbons (Fsp3) is 0.903. The van der Waals surface area contributed by atoms with Crippen LogP contribution < -0.4 is 5.32 Å². The highest BCUT2D eigenvalue weighted by Gasteiger charge is 2.90. The average Bonchev–Trinajstić information content (AvgIpc) is 3.30. The molecular weight excluding hydrogens is 560 g/mol. The van der Waals surface area contributed by atoms with Crippen molar-refractivity contribution < 1.29 is 47.9 Å². The molecule has 14 atom stereocenters. The number of rotatable bonds is 9. The number of nitrogens with zero attached hydrogens (tertiary/aromatic N) is 1. The van der Waals surface area contributed by atoms with Gasteiger partial charge in [0, 0.05) is 103 Å². The number of methoxy groups -OCH3 is 4. The molecule has 2 N–H and O–H groups in total. The fourth-order valence-corrected chi connectivity index (χ4v) is 12.2. The van der Waals surface area contributed by atoms with Crippen LogP contribution in [-0.2, 0) is 42.8 Å². The van der Waals surface area contributed by atoms with Crippen molar-refractivity contribution in [2.45, 2.75) is 94.7 Å². The topological polar surface area (TPSA) is 142 Å². The highest BCUT2D eigenvalue weighted by Crippen LogP contribution is 2.80. The smallest absolute Gasteiger partial charge is 0.303 e. The quantitative estimate of drug-likeness (QED) is 0.354. The van der Waals surface area contributed by atoms with Crippen molar-refractivity contribution in [3.8, 4) is 0 Å². The summed E-state index contributed by atoms with van der Waals surface area (Å²) in [6.07, 6.45) is -1.81. The van der Waals surface area contributed by atoms with Gasteiger partial charge in [-0.05, 0) is 18.9 Å². The molecule has 0 aromatic carbocycles. The van der Waals surface area contributed by atoms with Gasteiger partial charge in [-0.2, -0.15) is 0 Å². The largest absolute Gasteiger partial charge is 0.462 e. The number of nitrogens with one attached hydrogen (secondary N) is 1. The molecule has 1 aliphatic heterocycles. The zero-order chi connectivity index (χ0) is 31.3. The Labute approximate surface area is 253 Å². The summed E-state index contributed by atoms with van der Waals surface area (Å²) < 4.78 is 37.2. The third kappa shape index (κ3) is 3.68. The number of hydrogen-bond donors (Lipinski definition) is 2. The number of carbonyl (C=O) groups is 3. The van der Waals surface area contributed by atoms with Crippen LogP contribution >= 0.6 is 0 Å². The second-order valence-electron chi connectivity index (χ2n) is 13.9. The Balaban J connectivity index is 1.69. The van der Waals surface area contributed by atoms with E-state index in [2.05, 4.69) is 17.1 Å². The van der Waals surface area contributed by atoms with Crippen LogP contribution in [0.15, 0.2) is 0 Å². The van der Waals surface area contributed by atoms with Crippen molar-refractivity contribution in [2.24, 2.45) is 34.5 Å². The summed E-state index contributed by atoms with van der Waals surface area (Å²) in [4.78, 5) is 40.9. The Morgan fingerprint density at radius 3 is 2.12 bits per heavy atom. The number of hydrogen-bond acceptors (Lipinski definition) is 11. The van der Waals surface area contributed by atoms with Gasteiger partial charge in [0.1, 0.15) is 17.8 Å². The van der Waals surface area contributed by atoms with E-state index in [1.165, 1.54) is 20.8 Å². The molecule has 6 fully saturated rings. The van der Waals surface area contributed by atoms with E-state index in [4.69, 9.17) is 28.4 Å². The number of ether oxygens (including phenoxy) is 6. The van der Waals surface area contributed by atoms with E-state index in [9.17, 15) is 19.5 Å². The molecule has 242 valence electrons. The molecule has 5 saturated carbocycles. The molecule has 5 aliphatic carbocycles. The maximum Gasteiger partial charge on any atom is 0.303 e. The van der Waals surface area contributed by atoms with Crippen LogP contribution in [-0.4, -0.2) is 124 Å². The molecule has 1 amide bonds. The lowest BCUT2D eigenvalue weighted by atomic mass is 9.42. The van der Waals surface area contributed by atoms with E-state index < -0.39 is 58.3 Å². The second kappa shape index (κ2) is 10.3. The first-order chi connectivity index (χ1) is 20.4. The Morgan fingerprint density at radius 1 is 0.907 bits per heavy atom. The molecule has 12 heteroatoms. The minimum Gasteiger partial charge on any atom is -0.462 e. The number of piperidine rings is 1. The fourth-order valence-electron chi connectivity index (χ4n) is 12.2. The van der Waals surface area contributed by atoms with Crippen LogP contribution in [0.5, 0.6) is 0 Å². The monoisotopic (exact) mass is 608 g/mol. The first-order valence-electron chi connectivity index (χ1n) is 15.5. The molecule has 1 saturated heterocycles. The van der Waals surface area contributed by atoms with Crippen LogP contribution in [0.4, 0.5) is 0 Å². The van der Waals surface area contributed by atoms with Gasteiger partial charge in [0.15, 0.2) is 0 Å². The summed E-state index contributed by atoms with van der Waals surface area (Å²) in [5, 5.41) is 15.9. The molecule has 1 unspecified atom stereocenters. The van der Waals surface area contributed by atoms with Crippen molar-refractivity contribution in [3.63, 3.8) is 0 Å². The summed E-state index contributed by atoms with van der Waals surface area (Å²) in [7, 11) is 6.63. The molecule has 0 aromatic rings. The number of likely N-dealkylation sites (tertiary alicyclic amines) is 1. The van der Waals surface area contributed by atoms with Crippen molar-refractivity contribution in [1.82, 2.24) is 10.2 Å². The van der Waals surface area contributed by atoms with Crippen molar-refractivity contribution in [2.75, 3.05) is 48.1 Å². The van der Waals surface area contributed by atoms with Gasteiger partial charge in [-0.3, -0.25) is 19.3 Å². The van der Waals surface area contributed by atoms with E-state index >= 15 is 0 Å². The second-order valence-corrected chi connectivity index (χ2v) is 13.9. The van der Waals surface area contributed by atoms with Crippen molar-refractivity contribution >= 4 is 17.8 Å². The Morgan fingerprint density at radius 2 is 1.58 bits per heavy atom. The van der Waals surface area contributed by atoms with Gasteiger partial charge in [-0.1, -0.05) is 6.92 Å². The van der Waals surface area contributed by atoms with E-state index in [1.54, 1.807) is 28.4 Å². The minimum absolute atomic E-state index is 0.107. The summed E-state index contributed by atoms with van der Waals surface area (Å²) >= 11 is 0. The predicted molar refractivity (Wildman–Crippen MR) is 151 cm³/mol. The van der Waals surface area contributed by atoms with Gasteiger partial charge in [0.2, 0.25) is 5.91 Å². The van der Waals surface area contributed by atoms with Crippen LogP contribution in [0.2, 0.25) is 0 Å². The molecule has 43 heavy (non-hydrogen) atoms. The molecular formula is C31H48N2O10. The first-order valence-corrected chi connectivity index (χ1v) is 15.5. The molecule has 12 nitrogen and oxygen atoms in total. The maximum atomic E-state index is 13.2. The Bertz CT molecular complexity index is 1170. The van der Waals surface area contributed by atoms with Crippen LogP contribution in [0, 0.1) is 34.5 Å². The Kier molecular flexibility index (Phi) is 7.50. The summed E-state index contributed by atoms with van der Waals surface area (Å²) in [6.45, 7) is 8.03. The highest BCUT2D eigenvalue weighted by atomic mass is 16.6. The number of esters is 2. The van der Waals surface area contributed by atoms with E-state index in [0.29, 0.717) is 39.0 Å². The minimum atomic E-state index is -1.47. The summed E-state index contributed by atoms with van der Waals surface area (Å²) in [5.41, 5.74) is -3.67. The van der Waals surface area contributed by atoms with Crippen molar-refractivity contribution in [1.29, 1.82) is 0 Å². The van der Waals surface area contributed by atoms with Gasteiger partial charge in [-0.15, -0.1) is 0 Å². The lowest BCUT2D eigenvalue weighted by Gasteiger charge is -2.70. The maximum absolute atomic E-state index is 13.2. The zero-order valence-corrected chi connectivity index (χ0v) is 26.6. The van der Waals surface area contributed by atoms with Gasteiger partial charge in [-0.25, -0.2) is 0 Å². The number of carbonyl (C=O) groups excluding carboxylic acids is 3. The van der Waals surface area contributed by atoms with E-state index in [0.717, 1.165) is 0 Å². The standard InChI is InChI=1S/C31H48N2O10/c1-9-33-13-28(14-38-5)19(42-16(3)35)10-20(39-6)31-18-11-30(37)21(40-7)12-29(32-15(2)34,22(18)27(30)43-17(4)36)23(26(31)33)24(41-8)25(28)31/h18-27,37H,9-14H2,1-8H3,(H,32,34)/t18-,19?,20+,21+,22-,23+,24+,25-,26-,27-,28+,29-,30-,31+/m1/s1. The first kappa shape index (κ1) is 31.2. The molecule has 0 radical (unpaired) electrons. The third-order valence-electron chi connectivity index (χ3n) is 12.6. The average molecular weight is 609 g/mol. The normalized spacial score (nSPS) is 50.7. The van der Waals surface area contributed by atoms with Gasteiger partial charge in [0.25, 0.3) is 0 Å². The number of fused-ring (bicyclic) bond motifs is 2. The Hall–Kier alpha value is -1.83. The number of aliphatic hydroxyl groups is 1. The molecule has 0 aromatic heterocycles. The van der Waals surface area contributed by atoms with Gasteiger partial charge >= 0.3 is 11.9 Å². The van der Waals surface area contributed by atoms with Crippen LogP contribution in [0.1, 0.15) is 47.0 Å². The number of amides is 1. The third-order valence-corrected chi connectivity index (χ3v) is 12.6. The molecule has 6 rings (SSSR count). The van der Waals surface area contributed by atoms with Gasteiger partial charge in [0.05, 0.1) is 30.5 Å². The molecule has 6 aliphatic rings. The SMILES string of the molecule is CCN1C[C@]2(COC)C(OC(C)=O)C[C@H](OC)[C@@]34[C@@H]5C[C@@]6(O)[C@@H](OC)C[C@@](NC(C)=O)([C@H]5[C@H]6OC(C)=O)[C@@H]([C@H](OC)[C@H]23)[C@@H]14. The molecule has 1 heterocycles. The molecule has 7 bridgehead atoms. The lowest BCUT2D eigenvalue weighted by Crippen LogP contribution is -2.81. The predicted octanol–water partition coefficient (Wildman–Crippen LogP) is 0.527. The highest BCUT2D eigenvalue weighted by molar-refractivity contribution is 5.74. The van der Waals surface area contributed by atoms with Crippen LogP contribution in [0.25, 0.3) is 0 Å².